The molecule has 0 amide bonds. The minimum atomic E-state index is 0.128. The molecule has 0 bridgehead atoms. The quantitative estimate of drug-likeness (QED) is 0.0902. The Morgan fingerprint density at radius 2 is 0.974 bits per heavy atom. The van der Waals surface area contributed by atoms with Gasteiger partial charge >= 0.3 is 0 Å². The summed E-state index contributed by atoms with van der Waals surface area (Å²) in [5, 5.41) is 0. The first kappa shape index (κ1) is 50.9. The topological polar surface area (TPSA) is 18.5 Å². The van der Waals surface area contributed by atoms with Crippen LogP contribution in [-0.4, -0.2) is 67.9 Å². The molecule has 38 heavy (non-hydrogen) atoms. The Kier molecular flexibility index (Phi) is 51.4. The van der Waals surface area contributed by atoms with Crippen LogP contribution in [-0.2, 0) is 9.47 Å². The van der Waals surface area contributed by atoms with Crippen LogP contribution >= 0.6 is 173 Å². The number of thiocarbonyl (C=S) groups is 6. The Morgan fingerprint density at radius 1 is 0.711 bits per heavy atom. The molecule has 0 fully saturated rings. The molecule has 0 rings (SSSR count). The van der Waals surface area contributed by atoms with Crippen LogP contribution in [0.2, 0.25) is 0 Å². The van der Waals surface area contributed by atoms with Gasteiger partial charge in [-0.3, -0.25) is 0 Å². The average Bonchev–Trinajstić information content (AvgIpc) is 2.79. The summed E-state index contributed by atoms with van der Waals surface area (Å²) in [7, 11) is 5.88. The number of hydrogen-bond donors (Lipinski definition) is 0. The molecule has 0 aliphatic carbocycles. The number of hydrogen-bond acceptors (Lipinski definition) is 17. The zero-order valence-corrected chi connectivity index (χ0v) is 36.0. The van der Waals surface area contributed by atoms with Gasteiger partial charge in [0.25, 0.3) is 0 Å². The second kappa shape index (κ2) is 38.4. The number of thioether (sulfide) groups is 5. The van der Waals surface area contributed by atoms with Crippen molar-refractivity contribution < 1.29 is 9.47 Å². The standard InChI is InChI=1S/C8H14O2S6.C5H12S4.C4H8S2.C3H6S.CS2/c1-5(2)9-7(11)13-15-16-14-8(12)10-6(3)4;1-6-5(7-2,8-3)9-4;1-3-6-4(2)5;1-3(2)4;2-1-3/h5-6H,1-4H3;1-4H3;3H2,1-2H3;1-2H3;. The lowest BCUT2D eigenvalue weighted by Crippen LogP contribution is -2.05. The van der Waals surface area contributed by atoms with E-state index in [9.17, 15) is 0 Å². The summed E-state index contributed by atoms with van der Waals surface area (Å²) in [6.45, 7) is 15.6. The summed E-state index contributed by atoms with van der Waals surface area (Å²) >= 11 is 36.6. The van der Waals surface area contributed by atoms with Crippen LogP contribution in [0.15, 0.2) is 0 Å². The Hall–Kier alpha value is 3.33. The lowest BCUT2D eigenvalue weighted by Gasteiger charge is -2.24. The van der Waals surface area contributed by atoms with Crippen molar-refractivity contribution in [2.24, 2.45) is 0 Å². The largest absolute Gasteiger partial charge is 0.475 e. The van der Waals surface area contributed by atoms with Gasteiger partial charge in [0.15, 0.2) is 2.74 Å². The van der Waals surface area contributed by atoms with Gasteiger partial charge in [0.1, 0.15) is 0 Å². The van der Waals surface area contributed by atoms with E-state index in [1.165, 1.54) is 41.2 Å². The van der Waals surface area contributed by atoms with E-state index in [2.05, 4.69) is 68.6 Å². The summed E-state index contributed by atoms with van der Waals surface area (Å²) in [6, 6.07) is 0. The molecule has 0 aliphatic rings. The van der Waals surface area contributed by atoms with Crippen LogP contribution in [0.4, 0.5) is 0 Å². The van der Waals surface area contributed by atoms with E-state index in [4.69, 9.17) is 46.1 Å². The van der Waals surface area contributed by atoms with Gasteiger partial charge in [0.2, 0.25) is 8.77 Å². The van der Waals surface area contributed by atoms with Crippen LogP contribution in [0.5, 0.6) is 0 Å². The van der Waals surface area contributed by atoms with E-state index in [1.54, 1.807) is 11.8 Å². The van der Waals surface area contributed by atoms with Gasteiger partial charge in [0.05, 0.1) is 12.2 Å². The maximum absolute atomic E-state index is 5.31. The van der Waals surface area contributed by atoms with Crippen molar-refractivity contribution in [2.45, 2.75) is 70.3 Å². The van der Waals surface area contributed by atoms with E-state index >= 15 is 0 Å². The predicted octanol–water partition coefficient (Wildman–Crippen LogP) is 12.6. The SMILES string of the molecule is CC(C)=S.CC(C)OC(=S)SSSSC(=S)OC(C)C.CCSC(C)=S.CSC(SC)(SC)SC.S=C=S. The van der Waals surface area contributed by atoms with Gasteiger partial charge in [-0.15, -0.1) is 58.8 Å². The van der Waals surface area contributed by atoms with E-state index in [-0.39, 0.29) is 12.2 Å². The highest BCUT2D eigenvalue weighted by atomic mass is 33.7. The van der Waals surface area contributed by atoms with Crippen molar-refractivity contribution in [1.82, 2.24) is 0 Å². The molecule has 226 valence electrons. The highest BCUT2D eigenvalue weighted by Crippen LogP contribution is 2.50. The first-order valence-electron chi connectivity index (χ1n) is 10.5. The summed E-state index contributed by atoms with van der Waals surface area (Å²) in [5.41, 5.74) is 0. The molecule has 0 aromatic carbocycles. The number of ether oxygens (including phenoxy) is 2. The van der Waals surface area contributed by atoms with Gasteiger partial charge in [0, 0.05) is 30.1 Å². The zero-order valence-electron chi connectivity index (χ0n) is 23.8. The Morgan fingerprint density at radius 3 is 1.08 bits per heavy atom. The molecule has 0 spiro atoms. The van der Waals surface area contributed by atoms with Gasteiger partial charge in [-0.05, 0) is 153 Å². The monoisotopic (exact) mass is 804 g/mol. The van der Waals surface area contributed by atoms with Gasteiger partial charge in [-0.2, -0.15) is 0 Å². The predicted molar refractivity (Wildman–Crippen MR) is 225 cm³/mol. The zero-order chi connectivity index (χ0) is 31.2. The van der Waals surface area contributed by atoms with E-state index in [1.807, 2.05) is 99.8 Å². The van der Waals surface area contributed by atoms with Crippen molar-refractivity contribution in [1.29, 1.82) is 0 Å². The highest BCUT2D eigenvalue weighted by molar-refractivity contribution is 9.29. The van der Waals surface area contributed by atoms with Crippen molar-refractivity contribution >= 4 is 195 Å². The molecular formula is C21H40O2S15. The Balaban J connectivity index is -0.000000139. The molecule has 0 aromatic heterocycles. The maximum atomic E-state index is 5.31. The van der Waals surface area contributed by atoms with E-state index in [0.29, 0.717) is 11.5 Å². The molecule has 0 saturated carbocycles. The van der Waals surface area contributed by atoms with Crippen LogP contribution in [0.1, 0.15) is 55.4 Å². The minimum Gasteiger partial charge on any atom is -0.475 e. The van der Waals surface area contributed by atoms with Crippen molar-refractivity contribution in [3.05, 3.63) is 0 Å². The van der Waals surface area contributed by atoms with Gasteiger partial charge in [-0.1, -0.05) is 31.4 Å². The fraction of sp³-hybridized carbons (Fsp3) is 0.762. The lowest BCUT2D eigenvalue weighted by molar-refractivity contribution is 0.243. The third-order valence-corrected chi connectivity index (χ3v) is 18.0. The third-order valence-electron chi connectivity index (χ3n) is 2.24. The van der Waals surface area contributed by atoms with Crippen LogP contribution in [0, 0.1) is 0 Å². The van der Waals surface area contributed by atoms with E-state index in [0.717, 1.165) is 14.8 Å². The third kappa shape index (κ3) is 52.0. The first-order valence-corrected chi connectivity index (χ1v) is 23.6. The van der Waals surface area contributed by atoms with E-state index < -0.39 is 0 Å². The molecular weight excluding hydrogens is 765 g/mol. The molecule has 0 heterocycles. The summed E-state index contributed by atoms with van der Waals surface area (Å²) in [6.07, 6.45) is 8.88. The van der Waals surface area contributed by atoms with Crippen molar-refractivity contribution in [3.8, 4) is 0 Å². The van der Waals surface area contributed by atoms with Crippen LogP contribution in [0.25, 0.3) is 0 Å². The first-order chi connectivity index (χ1) is 17.6. The van der Waals surface area contributed by atoms with Crippen LogP contribution in [0.3, 0.4) is 0 Å². The Labute approximate surface area is 302 Å². The minimum absolute atomic E-state index is 0.128. The summed E-state index contributed by atoms with van der Waals surface area (Å²) in [4.78, 5) is 1.00. The average molecular weight is 806 g/mol. The molecule has 0 radical (unpaired) electrons. The fourth-order valence-corrected chi connectivity index (χ4v) is 12.2. The molecule has 0 N–H and O–H groups in total. The molecule has 2 nitrogen and oxygen atoms in total. The maximum Gasteiger partial charge on any atom is 0.231 e. The molecule has 17 heteroatoms. The molecule has 0 unspecified atom stereocenters. The lowest BCUT2D eigenvalue weighted by atomic mass is 10.5. The Bertz CT molecular complexity index is 587. The molecule has 0 atom stereocenters. The normalized spacial score (nSPS) is 9.53. The smallest absolute Gasteiger partial charge is 0.231 e. The van der Waals surface area contributed by atoms with Crippen molar-refractivity contribution in [2.75, 3.05) is 30.8 Å². The second-order valence-corrected chi connectivity index (χ2v) is 22.7. The molecule has 0 saturated heterocycles. The van der Waals surface area contributed by atoms with Gasteiger partial charge < -0.3 is 9.47 Å². The van der Waals surface area contributed by atoms with Crippen LogP contribution < -0.4 is 0 Å². The molecule has 0 aromatic rings. The molecule has 0 aliphatic heterocycles. The fourth-order valence-electron chi connectivity index (χ4n) is 1.21. The summed E-state index contributed by atoms with van der Waals surface area (Å²) in [5.74, 6) is 1.11. The number of rotatable bonds is 10. The highest BCUT2D eigenvalue weighted by Gasteiger charge is 2.24. The van der Waals surface area contributed by atoms with Gasteiger partial charge in [-0.25, -0.2) is 0 Å². The second-order valence-electron chi connectivity index (χ2n) is 6.37. The summed E-state index contributed by atoms with van der Waals surface area (Å²) < 4.78 is 15.0. The van der Waals surface area contributed by atoms with Crippen molar-refractivity contribution in [3.63, 3.8) is 0 Å².